The minimum atomic E-state index is -0.228. The van der Waals surface area contributed by atoms with Crippen molar-refractivity contribution in [1.82, 2.24) is 0 Å². The zero-order chi connectivity index (χ0) is 17.8. The Morgan fingerprint density at radius 1 is 1.12 bits per heavy atom. The molecular formula is C20H22O5. The fourth-order valence-electron chi connectivity index (χ4n) is 3.28. The first-order valence-electron chi connectivity index (χ1n) is 8.27. The number of carbonyl (C=O) groups excluding carboxylic acids is 1. The number of cyclic esters (lactones) is 1. The average molecular weight is 342 g/mol. The summed E-state index contributed by atoms with van der Waals surface area (Å²) in [7, 11) is 3.21. The Morgan fingerprint density at radius 3 is 2.64 bits per heavy atom. The minimum Gasteiger partial charge on any atom is -0.508 e. The van der Waals surface area contributed by atoms with Gasteiger partial charge in [0.25, 0.3) is 0 Å². The maximum atomic E-state index is 12.2. The highest BCUT2D eigenvalue weighted by Crippen LogP contribution is 2.36. The van der Waals surface area contributed by atoms with Gasteiger partial charge in [0.1, 0.15) is 5.75 Å². The van der Waals surface area contributed by atoms with E-state index in [1.165, 1.54) is 0 Å². The largest absolute Gasteiger partial charge is 0.508 e. The van der Waals surface area contributed by atoms with E-state index in [4.69, 9.17) is 14.2 Å². The quantitative estimate of drug-likeness (QED) is 0.845. The summed E-state index contributed by atoms with van der Waals surface area (Å²) in [5.41, 5.74) is 1.99. The molecule has 5 nitrogen and oxygen atoms in total. The topological polar surface area (TPSA) is 65.0 Å². The lowest BCUT2D eigenvalue weighted by atomic mass is 9.84. The summed E-state index contributed by atoms with van der Waals surface area (Å²) in [5, 5.41) is 9.60. The second-order valence-electron chi connectivity index (χ2n) is 6.25. The van der Waals surface area contributed by atoms with E-state index >= 15 is 0 Å². The number of methoxy groups -OCH3 is 2. The van der Waals surface area contributed by atoms with Crippen LogP contribution in [0.1, 0.15) is 23.5 Å². The van der Waals surface area contributed by atoms with E-state index in [0.717, 1.165) is 11.1 Å². The van der Waals surface area contributed by atoms with Gasteiger partial charge in [0, 0.05) is 5.92 Å². The molecule has 0 spiro atoms. The average Bonchev–Trinajstić information content (AvgIpc) is 2.63. The number of esters is 1. The second-order valence-corrected chi connectivity index (χ2v) is 6.25. The number of hydrogen-bond donors (Lipinski definition) is 1. The molecule has 0 aliphatic carbocycles. The molecule has 25 heavy (non-hydrogen) atoms. The molecule has 2 aromatic rings. The van der Waals surface area contributed by atoms with Gasteiger partial charge in [0.05, 0.1) is 26.7 Å². The van der Waals surface area contributed by atoms with Crippen molar-refractivity contribution in [3.8, 4) is 17.2 Å². The molecule has 1 aliphatic heterocycles. The van der Waals surface area contributed by atoms with Crippen LogP contribution in [0.2, 0.25) is 0 Å². The Kier molecular flexibility index (Phi) is 5.12. The zero-order valence-corrected chi connectivity index (χ0v) is 14.4. The molecule has 1 fully saturated rings. The summed E-state index contributed by atoms with van der Waals surface area (Å²) in [6, 6.07) is 12.8. The third kappa shape index (κ3) is 3.87. The molecule has 0 saturated carbocycles. The van der Waals surface area contributed by atoms with Crippen LogP contribution in [0.5, 0.6) is 17.2 Å². The van der Waals surface area contributed by atoms with Gasteiger partial charge in [-0.2, -0.15) is 0 Å². The van der Waals surface area contributed by atoms with E-state index in [0.29, 0.717) is 30.9 Å². The van der Waals surface area contributed by atoms with E-state index in [2.05, 4.69) is 0 Å². The summed E-state index contributed by atoms with van der Waals surface area (Å²) in [5.74, 6) is 1.25. The van der Waals surface area contributed by atoms with Crippen LogP contribution in [0, 0.1) is 5.92 Å². The number of carbonyl (C=O) groups is 1. The molecule has 1 heterocycles. The van der Waals surface area contributed by atoms with Crippen LogP contribution in [0.4, 0.5) is 0 Å². The molecule has 0 amide bonds. The van der Waals surface area contributed by atoms with Gasteiger partial charge in [0.15, 0.2) is 11.5 Å². The van der Waals surface area contributed by atoms with Gasteiger partial charge in [0.2, 0.25) is 0 Å². The van der Waals surface area contributed by atoms with Gasteiger partial charge in [-0.1, -0.05) is 18.2 Å². The molecule has 1 aliphatic rings. The lowest BCUT2D eigenvalue weighted by Crippen LogP contribution is -2.30. The van der Waals surface area contributed by atoms with E-state index < -0.39 is 0 Å². The Balaban J connectivity index is 1.77. The van der Waals surface area contributed by atoms with Gasteiger partial charge in [-0.25, -0.2) is 0 Å². The molecule has 5 heteroatoms. The van der Waals surface area contributed by atoms with Crippen molar-refractivity contribution in [2.45, 2.75) is 18.8 Å². The van der Waals surface area contributed by atoms with Gasteiger partial charge in [-0.05, 0) is 48.2 Å². The number of hydrogen-bond acceptors (Lipinski definition) is 5. The van der Waals surface area contributed by atoms with Crippen molar-refractivity contribution in [3.63, 3.8) is 0 Å². The van der Waals surface area contributed by atoms with E-state index in [1.54, 1.807) is 32.4 Å². The van der Waals surface area contributed by atoms with Gasteiger partial charge in [-0.15, -0.1) is 0 Å². The first-order valence-corrected chi connectivity index (χ1v) is 8.27. The smallest absolute Gasteiger partial charge is 0.309 e. The van der Waals surface area contributed by atoms with E-state index in [1.807, 2.05) is 24.3 Å². The summed E-state index contributed by atoms with van der Waals surface area (Å²) >= 11 is 0. The van der Waals surface area contributed by atoms with Crippen molar-refractivity contribution in [2.24, 2.45) is 5.92 Å². The maximum Gasteiger partial charge on any atom is 0.309 e. The number of rotatable bonds is 5. The zero-order valence-electron chi connectivity index (χ0n) is 14.4. The Morgan fingerprint density at radius 2 is 1.92 bits per heavy atom. The van der Waals surface area contributed by atoms with Crippen molar-refractivity contribution in [1.29, 1.82) is 0 Å². The number of phenols is 1. The summed E-state index contributed by atoms with van der Waals surface area (Å²) in [6.07, 6.45) is 1.25. The van der Waals surface area contributed by atoms with Gasteiger partial charge < -0.3 is 19.3 Å². The first-order chi connectivity index (χ1) is 12.1. The number of ether oxygens (including phenoxy) is 3. The minimum absolute atomic E-state index is 0.111. The standard InChI is InChI=1S/C20H22O5/c1-23-18-7-6-14(11-19(18)24-2)16-10-15(20(22)25-12-16)8-13-4-3-5-17(21)9-13/h3-7,9,11,15-16,21H,8,10,12H2,1-2H3/t15?,16-/m1/s1. The first kappa shape index (κ1) is 17.1. The summed E-state index contributed by atoms with van der Waals surface area (Å²) in [4.78, 5) is 12.2. The molecule has 1 N–H and O–H groups in total. The third-order valence-corrected chi connectivity index (χ3v) is 4.60. The molecule has 1 saturated heterocycles. The van der Waals surface area contributed by atoms with Crippen LogP contribution in [-0.4, -0.2) is 31.9 Å². The lowest BCUT2D eigenvalue weighted by Gasteiger charge is -2.29. The Hall–Kier alpha value is -2.69. The normalized spacial score (nSPS) is 20.0. The van der Waals surface area contributed by atoms with Crippen LogP contribution < -0.4 is 9.47 Å². The number of benzene rings is 2. The highest BCUT2D eigenvalue weighted by molar-refractivity contribution is 5.74. The number of phenolic OH excluding ortho intramolecular Hbond substituents is 1. The number of aromatic hydroxyl groups is 1. The van der Waals surface area contributed by atoms with Crippen LogP contribution in [0.3, 0.4) is 0 Å². The molecule has 2 atom stereocenters. The van der Waals surface area contributed by atoms with Gasteiger partial charge in [-0.3, -0.25) is 4.79 Å². The fraction of sp³-hybridized carbons (Fsp3) is 0.350. The van der Waals surface area contributed by atoms with Crippen molar-refractivity contribution < 1.29 is 24.1 Å². The second kappa shape index (κ2) is 7.47. The maximum absolute atomic E-state index is 12.2. The summed E-state index contributed by atoms with van der Waals surface area (Å²) < 4.78 is 16.1. The predicted octanol–water partition coefficient (Wildman–Crippen LogP) is 3.30. The van der Waals surface area contributed by atoms with Gasteiger partial charge >= 0.3 is 5.97 Å². The van der Waals surface area contributed by atoms with Crippen LogP contribution in [0.15, 0.2) is 42.5 Å². The molecule has 0 radical (unpaired) electrons. The van der Waals surface area contributed by atoms with Crippen molar-refractivity contribution >= 4 is 5.97 Å². The van der Waals surface area contributed by atoms with Crippen LogP contribution in [-0.2, 0) is 16.0 Å². The van der Waals surface area contributed by atoms with E-state index in [9.17, 15) is 9.90 Å². The highest BCUT2D eigenvalue weighted by atomic mass is 16.5. The molecule has 1 unspecified atom stereocenters. The van der Waals surface area contributed by atoms with Crippen LogP contribution in [0.25, 0.3) is 0 Å². The van der Waals surface area contributed by atoms with Crippen molar-refractivity contribution in [2.75, 3.05) is 20.8 Å². The Labute approximate surface area is 147 Å². The summed E-state index contributed by atoms with van der Waals surface area (Å²) in [6.45, 7) is 0.366. The van der Waals surface area contributed by atoms with Crippen LogP contribution >= 0.6 is 0 Å². The molecular weight excluding hydrogens is 320 g/mol. The monoisotopic (exact) mass is 342 g/mol. The molecule has 2 aromatic carbocycles. The lowest BCUT2D eigenvalue weighted by molar-refractivity contribution is -0.154. The predicted molar refractivity (Wildman–Crippen MR) is 93.2 cm³/mol. The molecule has 0 aromatic heterocycles. The Bertz CT molecular complexity index is 756. The van der Waals surface area contributed by atoms with Crippen molar-refractivity contribution in [3.05, 3.63) is 53.6 Å². The third-order valence-electron chi connectivity index (χ3n) is 4.60. The molecule has 132 valence electrons. The SMILES string of the molecule is COc1ccc([C@H]2COC(=O)C(Cc3cccc(O)c3)C2)cc1OC. The molecule has 0 bridgehead atoms. The fourth-order valence-corrected chi connectivity index (χ4v) is 3.28. The highest BCUT2D eigenvalue weighted by Gasteiger charge is 2.31. The molecule has 3 rings (SSSR count). The van der Waals surface area contributed by atoms with E-state index in [-0.39, 0.29) is 23.6 Å².